The fourth-order valence-electron chi connectivity index (χ4n) is 3.80. The molecule has 4 nitrogen and oxygen atoms in total. The summed E-state index contributed by atoms with van der Waals surface area (Å²) in [6.45, 7) is 8.12. The molecular formula is C22H29F2N3O+2. The number of hydrogen-bond donors (Lipinski definition) is 3. The Bertz CT molecular complexity index is 789. The molecule has 1 saturated heterocycles. The van der Waals surface area contributed by atoms with Crippen LogP contribution in [0.15, 0.2) is 48.5 Å². The van der Waals surface area contributed by atoms with Crippen molar-refractivity contribution in [3.8, 4) is 0 Å². The molecule has 0 unspecified atom stereocenters. The molecule has 0 aromatic heterocycles. The van der Waals surface area contributed by atoms with Gasteiger partial charge in [0.2, 0.25) is 0 Å². The smallest absolute Gasteiger partial charge is 0.278 e. The quantitative estimate of drug-likeness (QED) is 0.662. The van der Waals surface area contributed by atoms with Gasteiger partial charge in [0, 0.05) is 5.56 Å². The van der Waals surface area contributed by atoms with E-state index in [4.69, 9.17) is 0 Å². The fraction of sp³-hybridized carbons (Fsp3) is 0.409. The van der Waals surface area contributed by atoms with Crippen molar-refractivity contribution in [3.05, 3.63) is 71.3 Å². The lowest BCUT2D eigenvalue weighted by molar-refractivity contribution is -1.02. The van der Waals surface area contributed by atoms with E-state index in [0.29, 0.717) is 6.54 Å². The second kappa shape index (κ2) is 9.26. The first-order valence-electron chi connectivity index (χ1n) is 9.91. The Balaban J connectivity index is 1.48. The SMILES string of the molecule is C[C@@H](NC(=O)[C@H](C)[NH+]1CC[NH+](Cc2ccccc2F)CC1)c1ccc(F)cc1. The van der Waals surface area contributed by atoms with Gasteiger partial charge in [0.25, 0.3) is 5.91 Å². The van der Waals surface area contributed by atoms with Crippen LogP contribution in [0.5, 0.6) is 0 Å². The molecule has 1 heterocycles. The molecule has 0 radical (unpaired) electrons. The van der Waals surface area contributed by atoms with Gasteiger partial charge in [-0.3, -0.25) is 4.79 Å². The molecule has 150 valence electrons. The summed E-state index contributed by atoms with van der Waals surface area (Å²) >= 11 is 0. The number of halogens is 2. The lowest BCUT2D eigenvalue weighted by Crippen LogP contribution is -3.29. The Kier molecular flexibility index (Phi) is 6.75. The molecule has 3 N–H and O–H groups in total. The van der Waals surface area contributed by atoms with E-state index >= 15 is 0 Å². The molecule has 1 fully saturated rings. The van der Waals surface area contributed by atoms with Crippen molar-refractivity contribution >= 4 is 5.91 Å². The molecule has 0 bridgehead atoms. The number of piperazine rings is 1. The number of carbonyl (C=O) groups excluding carboxylic acids is 1. The topological polar surface area (TPSA) is 38.0 Å². The minimum absolute atomic E-state index is 0.00405. The van der Waals surface area contributed by atoms with Gasteiger partial charge in [-0.2, -0.15) is 0 Å². The van der Waals surface area contributed by atoms with E-state index in [1.165, 1.54) is 28.0 Å². The third-order valence-corrected chi connectivity index (χ3v) is 5.73. The number of hydrogen-bond acceptors (Lipinski definition) is 1. The van der Waals surface area contributed by atoms with E-state index < -0.39 is 0 Å². The first kappa shape index (κ1) is 20.4. The molecule has 0 saturated carbocycles. The summed E-state index contributed by atoms with van der Waals surface area (Å²) in [5.74, 6) is -0.424. The van der Waals surface area contributed by atoms with Crippen molar-refractivity contribution in [1.82, 2.24) is 5.32 Å². The summed E-state index contributed by atoms with van der Waals surface area (Å²) in [5, 5.41) is 3.03. The highest BCUT2D eigenvalue weighted by Gasteiger charge is 2.31. The number of quaternary nitrogens is 2. The third kappa shape index (κ3) is 5.14. The molecule has 2 aromatic carbocycles. The molecular weight excluding hydrogens is 360 g/mol. The van der Waals surface area contributed by atoms with Crippen molar-refractivity contribution in [2.75, 3.05) is 26.2 Å². The van der Waals surface area contributed by atoms with Crippen LogP contribution in [0.25, 0.3) is 0 Å². The predicted octanol–water partition coefficient (Wildman–Crippen LogP) is 0.514. The fourth-order valence-corrected chi connectivity index (χ4v) is 3.80. The second-order valence-corrected chi connectivity index (χ2v) is 7.68. The van der Waals surface area contributed by atoms with Gasteiger partial charge in [-0.1, -0.05) is 30.3 Å². The summed E-state index contributed by atoms with van der Waals surface area (Å²) in [6, 6.07) is 12.8. The molecule has 6 heteroatoms. The van der Waals surface area contributed by atoms with Crippen molar-refractivity contribution in [2.24, 2.45) is 0 Å². The maximum Gasteiger partial charge on any atom is 0.278 e. The zero-order valence-corrected chi connectivity index (χ0v) is 16.5. The highest BCUT2D eigenvalue weighted by molar-refractivity contribution is 5.80. The average Bonchev–Trinajstić information content (AvgIpc) is 2.70. The van der Waals surface area contributed by atoms with E-state index in [1.54, 1.807) is 18.2 Å². The van der Waals surface area contributed by atoms with Gasteiger partial charge in [0.1, 0.15) is 44.4 Å². The summed E-state index contributed by atoms with van der Waals surface area (Å²) in [7, 11) is 0. The molecule has 28 heavy (non-hydrogen) atoms. The zero-order chi connectivity index (χ0) is 20.1. The van der Waals surface area contributed by atoms with Crippen LogP contribution < -0.4 is 15.1 Å². The Morgan fingerprint density at radius 1 is 1.00 bits per heavy atom. The molecule has 1 aliphatic rings. The van der Waals surface area contributed by atoms with Crippen LogP contribution in [0.4, 0.5) is 8.78 Å². The number of rotatable bonds is 6. The molecule has 0 aliphatic carbocycles. The van der Waals surface area contributed by atoms with E-state index in [2.05, 4.69) is 5.32 Å². The van der Waals surface area contributed by atoms with Crippen molar-refractivity contribution in [3.63, 3.8) is 0 Å². The number of carbonyl (C=O) groups is 1. The first-order valence-corrected chi connectivity index (χ1v) is 9.91. The molecule has 1 amide bonds. The molecule has 2 atom stereocenters. The highest BCUT2D eigenvalue weighted by atomic mass is 19.1. The van der Waals surface area contributed by atoms with Crippen LogP contribution in [-0.2, 0) is 11.3 Å². The minimum atomic E-state index is -0.282. The molecule has 2 aromatic rings. The van der Waals surface area contributed by atoms with E-state index in [1.807, 2.05) is 26.0 Å². The maximum absolute atomic E-state index is 13.8. The van der Waals surface area contributed by atoms with Gasteiger partial charge < -0.3 is 15.1 Å². The van der Waals surface area contributed by atoms with Crippen molar-refractivity contribution < 1.29 is 23.4 Å². The highest BCUT2D eigenvalue weighted by Crippen LogP contribution is 2.12. The lowest BCUT2D eigenvalue weighted by atomic mass is 10.1. The summed E-state index contributed by atoms with van der Waals surface area (Å²) in [5.41, 5.74) is 1.64. The van der Waals surface area contributed by atoms with Gasteiger partial charge in [-0.15, -0.1) is 0 Å². The number of nitrogens with one attached hydrogen (secondary N) is 3. The van der Waals surface area contributed by atoms with Gasteiger partial charge in [0.05, 0.1) is 6.04 Å². The van der Waals surface area contributed by atoms with Crippen molar-refractivity contribution in [2.45, 2.75) is 32.5 Å². The van der Waals surface area contributed by atoms with Crippen LogP contribution in [0.2, 0.25) is 0 Å². The van der Waals surface area contributed by atoms with Gasteiger partial charge in [-0.25, -0.2) is 8.78 Å². The largest absolute Gasteiger partial charge is 0.344 e. The van der Waals surface area contributed by atoms with E-state index in [-0.39, 0.29) is 29.6 Å². The second-order valence-electron chi connectivity index (χ2n) is 7.68. The molecule has 0 spiro atoms. The molecule has 1 aliphatic heterocycles. The Hall–Kier alpha value is -2.31. The van der Waals surface area contributed by atoms with E-state index in [0.717, 1.165) is 37.3 Å². The van der Waals surface area contributed by atoms with Gasteiger partial charge >= 0.3 is 0 Å². The summed E-state index contributed by atoms with van der Waals surface area (Å²) in [4.78, 5) is 15.2. The average molecular weight is 389 g/mol. The first-order chi connectivity index (χ1) is 13.4. The predicted molar refractivity (Wildman–Crippen MR) is 104 cm³/mol. The summed E-state index contributed by atoms with van der Waals surface area (Å²) in [6.07, 6.45) is 0. The number of benzene rings is 2. The Morgan fingerprint density at radius 2 is 1.64 bits per heavy atom. The zero-order valence-electron chi connectivity index (χ0n) is 16.5. The molecule has 3 rings (SSSR count). The van der Waals surface area contributed by atoms with Crippen LogP contribution in [0, 0.1) is 11.6 Å². The van der Waals surface area contributed by atoms with Crippen molar-refractivity contribution in [1.29, 1.82) is 0 Å². The van der Waals surface area contributed by atoms with Crippen LogP contribution in [0.1, 0.15) is 31.0 Å². The van der Waals surface area contributed by atoms with Crippen LogP contribution >= 0.6 is 0 Å². The monoisotopic (exact) mass is 389 g/mol. The lowest BCUT2D eigenvalue weighted by Gasteiger charge is -2.33. The maximum atomic E-state index is 13.8. The standard InChI is InChI=1S/C22H27F2N3O/c1-16(18-7-9-20(23)10-8-18)25-22(28)17(2)27-13-11-26(12-14-27)15-19-5-3-4-6-21(19)24/h3-10,16-17H,11-15H2,1-2H3,(H,25,28)/p+2/t16-,17+/m1/s1. The minimum Gasteiger partial charge on any atom is -0.344 e. The number of amides is 1. The summed E-state index contributed by atoms with van der Waals surface area (Å²) < 4.78 is 26.9. The van der Waals surface area contributed by atoms with Gasteiger partial charge in [-0.05, 0) is 37.6 Å². The Labute approximate surface area is 165 Å². The third-order valence-electron chi connectivity index (χ3n) is 5.73. The van der Waals surface area contributed by atoms with Gasteiger partial charge in [0.15, 0.2) is 6.04 Å². The van der Waals surface area contributed by atoms with Crippen LogP contribution in [-0.4, -0.2) is 38.1 Å². The normalized spacial score (nSPS) is 21.7. The van der Waals surface area contributed by atoms with Crippen LogP contribution in [0.3, 0.4) is 0 Å². The van der Waals surface area contributed by atoms with E-state index in [9.17, 15) is 13.6 Å². The Morgan fingerprint density at radius 3 is 2.29 bits per heavy atom.